The monoisotopic (exact) mass is 478 g/mol. The number of piperazine rings is 1. The first-order valence-electron chi connectivity index (χ1n) is 12.6. The first-order chi connectivity index (χ1) is 17.6. The van der Waals surface area contributed by atoms with E-state index in [1.807, 2.05) is 36.7 Å². The van der Waals surface area contributed by atoms with Crippen LogP contribution in [0.1, 0.15) is 24.0 Å². The topological polar surface area (TPSA) is 72.7 Å². The number of hydrogen-bond acceptors (Lipinski definition) is 6. The number of likely N-dealkylation sites (tertiary alicyclic amines) is 1. The van der Waals surface area contributed by atoms with Crippen molar-refractivity contribution in [2.45, 2.75) is 38.0 Å². The van der Waals surface area contributed by atoms with Crippen LogP contribution in [0.4, 0.5) is 0 Å². The van der Waals surface area contributed by atoms with E-state index >= 15 is 0 Å². The minimum atomic E-state index is 0.260. The van der Waals surface area contributed by atoms with Crippen molar-refractivity contribution in [1.82, 2.24) is 19.8 Å². The number of phenols is 2. The smallest absolute Gasteiger partial charge is 0.116 e. The highest BCUT2D eigenvalue weighted by molar-refractivity contribution is 5.62. The van der Waals surface area contributed by atoms with Crippen molar-refractivity contribution in [2.75, 3.05) is 13.1 Å². The Morgan fingerprint density at radius 1 is 0.667 bits per heavy atom. The third-order valence-corrected chi connectivity index (χ3v) is 7.41. The SMILES string of the molecule is Oc1cccc(-c2cc(CN3CC4CCC(C3)N4Cc3ccnc(-c4cccc(O)c4)c3)ccn2)c1. The zero-order valence-corrected chi connectivity index (χ0v) is 20.2. The molecule has 182 valence electrons. The van der Waals surface area contributed by atoms with Crippen LogP contribution in [0.25, 0.3) is 22.5 Å². The summed E-state index contributed by atoms with van der Waals surface area (Å²) in [6, 6.07) is 24.2. The molecule has 0 amide bonds. The van der Waals surface area contributed by atoms with Crippen molar-refractivity contribution < 1.29 is 10.2 Å². The van der Waals surface area contributed by atoms with Crippen LogP contribution in [-0.2, 0) is 13.1 Å². The van der Waals surface area contributed by atoms with Gasteiger partial charge in [0.1, 0.15) is 11.5 Å². The zero-order valence-electron chi connectivity index (χ0n) is 20.2. The molecule has 2 unspecified atom stereocenters. The lowest BCUT2D eigenvalue weighted by Gasteiger charge is -2.41. The molecule has 36 heavy (non-hydrogen) atoms. The Bertz CT molecular complexity index is 1360. The summed E-state index contributed by atoms with van der Waals surface area (Å²) in [5, 5.41) is 19.7. The summed E-state index contributed by atoms with van der Waals surface area (Å²) in [6.07, 6.45) is 6.21. The Kier molecular flexibility index (Phi) is 6.13. The molecule has 4 aromatic rings. The maximum Gasteiger partial charge on any atom is 0.116 e. The van der Waals surface area contributed by atoms with Gasteiger partial charge in [-0.3, -0.25) is 19.8 Å². The van der Waals surface area contributed by atoms with Crippen molar-refractivity contribution >= 4 is 0 Å². The Morgan fingerprint density at radius 2 is 1.19 bits per heavy atom. The van der Waals surface area contributed by atoms with Gasteiger partial charge in [-0.15, -0.1) is 0 Å². The van der Waals surface area contributed by atoms with Crippen LogP contribution in [0.3, 0.4) is 0 Å². The summed E-state index contributed by atoms with van der Waals surface area (Å²) in [5.74, 6) is 0.521. The number of rotatable bonds is 6. The molecule has 2 N–H and O–H groups in total. The summed E-state index contributed by atoms with van der Waals surface area (Å²) in [4.78, 5) is 14.3. The van der Waals surface area contributed by atoms with Crippen LogP contribution in [0.15, 0.2) is 85.2 Å². The second-order valence-corrected chi connectivity index (χ2v) is 9.95. The molecular formula is C30H30N4O2. The van der Waals surface area contributed by atoms with E-state index in [-0.39, 0.29) is 11.5 Å². The number of fused-ring (bicyclic) bond motifs is 2. The first kappa shape index (κ1) is 22.7. The highest BCUT2D eigenvalue weighted by Gasteiger charge is 2.39. The molecule has 0 spiro atoms. The number of hydrogen-bond donors (Lipinski definition) is 2. The van der Waals surface area contributed by atoms with Gasteiger partial charge in [-0.2, -0.15) is 0 Å². The Hall–Kier alpha value is -3.74. The zero-order chi connectivity index (χ0) is 24.5. The van der Waals surface area contributed by atoms with Crippen LogP contribution < -0.4 is 0 Å². The van der Waals surface area contributed by atoms with Gasteiger partial charge >= 0.3 is 0 Å². The molecule has 2 bridgehead atoms. The fraction of sp³-hybridized carbons (Fsp3) is 0.267. The van der Waals surface area contributed by atoms with Crippen LogP contribution in [0, 0.1) is 0 Å². The van der Waals surface area contributed by atoms with Gasteiger partial charge in [-0.25, -0.2) is 0 Å². The molecule has 0 aliphatic carbocycles. The standard InChI is InChI=1S/C30H30N4O2/c35-27-5-1-3-23(15-27)29-13-21(9-11-31-29)17-33-19-25-7-8-26(20-33)34(25)18-22-10-12-32-30(14-22)24-4-2-6-28(36)16-24/h1-6,9-16,25-26,35-36H,7-8,17-20H2. The van der Waals surface area contributed by atoms with Crippen molar-refractivity contribution in [1.29, 1.82) is 0 Å². The largest absolute Gasteiger partial charge is 0.508 e. The van der Waals surface area contributed by atoms with E-state index in [0.717, 1.165) is 48.7 Å². The van der Waals surface area contributed by atoms with E-state index in [9.17, 15) is 10.2 Å². The van der Waals surface area contributed by atoms with Gasteiger partial charge in [-0.05, 0) is 72.5 Å². The molecule has 2 aromatic heterocycles. The van der Waals surface area contributed by atoms with Gasteiger partial charge in [0, 0.05) is 61.8 Å². The normalized spacial score (nSPS) is 20.0. The summed E-state index contributed by atoms with van der Waals surface area (Å²) in [5.41, 5.74) is 6.18. The molecule has 2 atom stereocenters. The lowest BCUT2D eigenvalue weighted by molar-refractivity contribution is 0.0567. The minimum absolute atomic E-state index is 0.260. The Labute approximate surface area is 211 Å². The number of aromatic nitrogens is 2. The van der Waals surface area contributed by atoms with Crippen molar-refractivity contribution in [3.8, 4) is 34.0 Å². The molecule has 2 aromatic carbocycles. The van der Waals surface area contributed by atoms with Crippen molar-refractivity contribution in [2.24, 2.45) is 0 Å². The van der Waals surface area contributed by atoms with Crippen LogP contribution >= 0.6 is 0 Å². The fourth-order valence-electron chi connectivity index (χ4n) is 5.73. The average Bonchev–Trinajstić information content (AvgIpc) is 3.11. The second kappa shape index (κ2) is 9.72. The van der Waals surface area contributed by atoms with Gasteiger partial charge in [-0.1, -0.05) is 24.3 Å². The van der Waals surface area contributed by atoms with Crippen LogP contribution in [-0.4, -0.2) is 55.2 Å². The molecular weight excluding hydrogens is 448 g/mol. The lowest BCUT2D eigenvalue weighted by atomic mass is 10.1. The fourth-order valence-corrected chi connectivity index (χ4v) is 5.73. The van der Waals surface area contributed by atoms with Crippen molar-refractivity contribution in [3.63, 3.8) is 0 Å². The molecule has 6 rings (SSSR count). The number of phenolic OH excluding ortho intramolecular Hbond substituents is 2. The molecule has 0 saturated carbocycles. The predicted octanol–water partition coefficient (Wildman–Crippen LogP) is 5.07. The lowest BCUT2D eigenvalue weighted by Crippen LogP contribution is -2.52. The first-order valence-corrected chi connectivity index (χ1v) is 12.6. The van der Waals surface area contributed by atoms with Gasteiger partial charge in [0.05, 0.1) is 11.4 Å². The Balaban J connectivity index is 1.13. The molecule has 2 fully saturated rings. The molecule has 2 saturated heterocycles. The molecule has 2 aliphatic rings. The minimum Gasteiger partial charge on any atom is -0.508 e. The van der Waals surface area contributed by atoms with E-state index in [0.29, 0.717) is 12.1 Å². The highest BCUT2D eigenvalue weighted by atomic mass is 16.3. The number of aromatic hydroxyl groups is 2. The van der Waals surface area contributed by atoms with E-state index in [1.165, 1.54) is 24.0 Å². The van der Waals surface area contributed by atoms with E-state index in [4.69, 9.17) is 0 Å². The van der Waals surface area contributed by atoms with Gasteiger partial charge in [0.15, 0.2) is 0 Å². The van der Waals surface area contributed by atoms with Gasteiger partial charge in [0.2, 0.25) is 0 Å². The number of benzene rings is 2. The van der Waals surface area contributed by atoms with E-state index < -0.39 is 0 Å². The predicted molar refractivity (Wildman–Crippen MR) is 140 cm³/mol. The number of nitrogens with zero attached hydrogens (tertiary/aromatic N) is 4. The highest BCUT2D eigenvalue weighted by Crippen LogP contribution is 2.33. The molecule has 2 aliphatic heterocycles. The van der Waals surface area contributed by atoms with Crippen LogP contribution in [0.5, 0.6) is 11.5 Å². The van der Waals surface area contributed by atoms with Crippen LogP contribution in [0.2, 0.25) is 0 Å². The summed E-state index contributed by atoms with van der Waals surface area (Å²) in [6.45, 7) is 3.95. The maximum absolute atomic E-state index is 9.84. The summed E-state index contributed by atoms with van der Waals surface area (Å²) in [7, 11) is 0. The third kappa shape index (κ3) is 4.83. The molecule has 0 radical (unpaired) electrons. The molecule has 6 heteroatoms. The summed E-state index contributed by atoms with van der Waals surface area (Å²) < 4.78 is 0. The summed E-state index contributed by atoms with van der Waals surface area (Å²) >= 11 is 0. The second-order valence-electron chi connectivity index (χ2n) is 9.95. The molecule has 4 heterocycles. The van der Waals surface area contributed by atoms with E-state index in [2.05, 4.69) is 44.0 Å². The van der Waals surface area contributed by atoms with Gasteiger partial charge in [0.25, 0.3) is 0 Å². The Morgan fingerprint density at radius 3 is 1.72 bits per heavy atom. The average molecular weight is 479 g/mol. The third-order valence-electron chi connectivity index (χ3n) is 7.41. The molecule has 6 nitrogen and oxygen atoms in total. The van der Waals surface area contributed by atoms with E-state index in [1.54, 1.807) is 24.3 Å². The number of pyridine rings is 2. The van der Waals surface area contributed by atoms with Crippen molar-refractivity contribution in [3.05, 3.63) is 96.3 Å². The quantitative estimate of drug-likeness (QED) is 0.403. The maximum atomic E-state index is 9.84. The van der Waals surface area contributed by atoms with Gasteiger partial charge < -0.3 is 10.2 Å².